The first kappa shape index (κ1) is 12.9. The Kier molecular flexibility index (Phi) is 4.71. The van der Waals surface area contributed by atoms with Gasteiger partial charge in [0.15, 0.2) is 0 Å². The average Bonchev–Trinajstić information content (AvgIpc) is 2.19. The molecule has 5 heteroatoms. The first-order valence-electron chi connectivity index (χ1n) is 5.17. The van der Waals surface area contributed by atoms with Crippen LogP contribution in [0.4, 0.5) is 5.69 Å². The van der Waals surface area contributed by atoms with Crippen LogP contribution >= 0.6 is 11.6 Å². The highest BCUT2D eigenvalue weighted by molar-refractivity contribution is 6.31. The molecule has 0 atom stereocenters. The number of nitro groups is 1. The van der Waals surface area contributed by atoms with Crippen LogP contribution in [-0.2, 0) is 6.42 Å². The molecular weight excluding hydrogens is 228 g/mol. The average molecular weight is 243 g/mol. The molecule has 1 rings (SSSR count). The molecule has 0 saturated carbocycles. The Balaban J connectivity index is 2.64. The summed E-state index contributed by atoms with van der Waals surface area (Å²) in [7, 11) is 0. The molecule has 1 N–H and O–H groups in total. The van der Waals surface area contributed by atoms with Crippen LogP contribution in [0.5, 0.6) is 0 Å². The van der Waals surface area contributed by atoms with Crippen LogP contribution in [-0.4, -0.2) is 17.5 Å². The van der Waals surface area contributed by atoms with E-state index in [0.717, 1.165) is 18.5 Å². The van der Waals surface area contributed by atoms with Crippen LogP contribution in [0, 0.1) is 10.1 Å². The van der Waals surface area contributed by atoms with Crippen LogP contribution in [0.15, 0.2) is 18.2 Å². The third-order valence-corrected chi connectivity index (χ3v) is 2.55. The molecule has 1 aromatic carbocycles. The molecule has 0 fully saturated rings. The van der Waals surface area contributed by atoms with E-state index in [1.807, 2.05) is 0 Å². The molecule has 0 bridgehead atoms. The van der Waals surface area contributed by atoms with Crippen molar-refractivity contribution in [1.82, 2.24) is 5.32 Å². The van der Waals surface area contributed by atoms with E-state index in [0.29, 0.717) is 11.1 Å². The van der Waals surface area contributed by atoms with Gasteiger partial charge in [-0.2, -0.15) is 0 Å². The minimum absolute atomic E-state index is 0.0329. The van der Waals surface area contributed by atoms with Gasteiger partial charge in [-0.3, -0.25) is 10.1 Å². The zero-order valence-corrected chi connectivity index (χ0v) is 10.1. The van der Waals surface area contributed by atoms with Gasteiger partial charge in [-0.05, 0) is 18.5 Å². The lowest BCUT2D eigenvalue weighted by Gasteiger charge is -2.08. The topological polar surface area (TPSA) is 55.2 Å². The molecule has 0 aliphatic carbocycles. The molecule has 0 amide bonds. The van der Waals surface area contributed by atoms with Crippen molar-refractivity contribution in [3.63, 3.8) is 0 Å². The second kappa shape index (κ2) is 5.82. The summed E-state index contributed by atoms with van der Waals surface area (Å²) in [6, 6.07) is 5.02. The molecule has 0 heterocycles. The highest BCUT2D eigenvalue weighted by atomic mass is 35.5. The molecule has 16 heavy (non-hydrogen) atoms. The fraction of sp³-hybridized carbons (Fsp3) is 0.455. The van der Waals surface area contributed by atoms with Gasteiger partial charge in [0, 0.05) is 18.2 Å². The van der Waals surface area contributed by atoms with Crippen molar-refractivity contribution >= 4 is 17.3 Å². The molecular formula is C11H15ClN2O2. The lowest BCUT2D eigenvalue weighted by atomic mass is 10.1. The normalized spacial score (nSPS) is 10.8. The third kappa shape index (κ3) is 3.79. The maximum atomic E-state index is 10.5. The quantitative estimate of drug-likeness (QED) is 0.638. The number of nitro benzene ring substituents is 1. The Labute approximate surface area is 99.8 Å². The van der Waals surface area contributed by atoms with E-state index in [4.69, 9.17) is 11.6 Å². The fourth-order valence-electron chi connectivity index (χ4n) is 1.35. The Bertz CT molecular complexity index is 380. The van der Waals surface area contributed by atoms with Crippen LogP contribution in [0.3, 0.4) is 0 Å². The molecule has 0 aliphatic rings. The number of rotatable bonds is 5. The minimum Gasteiger partial charge on any atom is -0.314 e. The maximum absolute atomic E-state index is 10.5. The standard InChI is InChI=1S/C11H15ClN2O2/c1-8(2)13-6-5-9-3-4-10(14(15)16)7-11(9)12/h3-4,7-8,13H,5-6H2,1-2H3. The summed E-state index contributed by atoms with van der Waals surface area (Å²) in [5.41, 5.74) is 0.964. The molecule has 0 saturated heterocycles. The van der Waals surface area contributed by atoms with Gasteiger partial charge in [-0.15, -0.1) is 0 Å². The largest absolute Gasteiger partial charge is 0.314 e. The predicted octanol–water partition coefficient (Wildman–Crippen LogP) is 2.79. The van der Waals surface area contributed by atoms with Crippen molar-refractivity contribution in [3.05, 3.63) is 38.9 Å². The second-order valence-corrected chi connectivity index (χ2v) is 4.30. The summed E-state index contributed by atoms with van der Waals surface area (Å²) < 4.78 is 0. The van der Waals surface area contributed by atoms with Crippen molar-refractivity contribution < 1.29 is 4.92 Å². The molecule has 4 nitrogen and oxygen atoms in total. The Hall–Kier alpha value is -1.13. The van der Waals surface area contributed by atoms with Gasteiger partial charge in [0.05, 0.1) is 9.95 Å². The zero-order valence-electron chi connectivity index (χ0n) is 9.37. The number of non-ortho nitro benzene ring substituents is 1. The number of hydrogen-bond acceptors (Lipinski definition) is 3. The number of halogens is 1. The van der Waals surface area contributed by atoms with Gasteiger partial charge in [-0.1, -0.05) is 31.5 Å². The first-order chi connectivity index (χ1) is 7.50. The van der Waals surface area contributed by atoms with Crippen molar-refractivity contribution in [2.24, 2.45) is 0 Å². The molecule has 0 aromatic heterocycles. The van der Waals surface area contributed by atoms with Crippen LogP contribution in [0.25, 0.3) is 0 Å². The summed E-state index contributed by atoms with van der Waals surface area (Å²) in [6.07, 6.45) is 0.773. The van der Waals surface area contributed by atoms with E-state index in [1.54, 1.807) is 6.07 Å². The lowest BCUT2D eigenvalue weighted by Crippen LogP contribution is -2.25. The smallest absolute Gasteiger partial charge is 0.270 e. The number of benzene rings is 1. The lowest BCUT2D eigenvalue weighted by molar-refractivity contribution is -0.384. The number of hydrogen-bond donors (Lipinski definition) is 1. The van der Waals surface area contributed by atoms with E-state index >= 15 is 0 Å². The van der Waals surface area contributed by atoms with E-state index in [1.165, 1.54) is 12.1 Å². The SMILES string of the molecule is CC(C)NCCc1ccc([N+](=O)[O-])cc1Cl. The van der Waals surface area contributed by atoms with Crippen LogP contribution < -0.4 is 5.32 Å². The molecule has 0 radical (unpaired) electrons. The van der Waals surface area contributed by atoms with Crippen molar-refractivity contribution in [2.75, 3.05) is 6.54 Å². The Morgan fingerprint density at radius 2 is 2.19 bits per heavy atom. The Morgan fingerprint density at radius 1 is 1.50 bits per heavy atom. The molecule has 0 unspecified atom stereocenters. The van der Waals surface area contributed by atoms with Crippen molar-refractivity contribution in [1.29, 1.82) is 0 Å². The highest BCUT2D eigenvalue weighted by Crippen LogP contribution is 2.22. The molecule has 0 spiro atoms. The van der Waals surface area contributed by atoms with Gasteiger partial charge in [0.1, 0.15) is 0 Å². The first-order valence-corrected chi connectivity index (χ1v) is 5.54. The second-order valence-electron chi connectivity index (χ2n) is 3.89. The third-order valence-electron chi connectivity index (χ3n) is 2.19. The predicted molar refractivity (Wildman–Crippen MR) is 64.9 cm³/mol. The number of nitrogens with one attached hydrogen (secondary N) is 1. The monoisotopic (exact) mass is 242 g/mol. The summed E-state index contributed by atoms with van der Waals surface area (Å²) in [5, 5.41) is 14.2. The zero-order chi connectivity index (χ0) is 12.1. The maximum Gasteiger partial charge on any atom is 0.270 e. The fourth-order valence-corrected chi connectivity index (χ4v) is 1.62. The van der Waals surface area contributed by atoms with Crippen molar-refractivity contribution in [3.8, 4) is 0 Å². The number of nitrogens with zero attached hydrogens (tertiary/aromatic N) is 1. The summed E-state index contributed by atoms with van der Waals surface area (Å²) in [4.78, 5) is 10.1. The summed E-state index contributed by atoms with van der Waals surface area (Å²) >= 11 is 5.96. The molecule has 88 valence electrons. The minimum atomic E-state index is -0.442. The Morgan fingerprint density at radius 3 is 2.69 bits per heavy atom. The molecule has 1 aromatic rings. The summed E-state index contributed by atoms with van der Waals surface area (Å²) in [6.45, 7) is 4.95. The van der Waals surface area contributed by atoms with E-state index in [-0.39, 0.29) is 5.69 Å². The van der Waals surface area contributed by atoms with Gasteiger partial charge >= 0.3 is 0 Å². The van der Waals surface area contributed by atoms with Crippen molar-refractivity contribution in [2.45, 2.75) is 26.3 Å². The highest BCUT2D eigenvalue weighted by Gasteiger charge is 2.08. The van der Waals surface area contributed by atoms with Gasteiger partial charge in [0.2, 0.25) is 0 Å². The van der Waals surface area contributed by atoms with E-state index in [9.17, 15) is 10.1 Å². The summed E-state index contributed by atoms with van der Waals surface area (Å²) in [5.74, 6) is 0. The van der Waals surface area contributed by atoms with Crippen LogP contribution in [0.1, 0.15) is 19.4 Å². The van der Waals surface area contributed by atoms with Crippen LogP contribution in [0.2, 0.25) is 5.02 Å². The van der Waals surface area contributed by atoms with Gasteiger partial charge < -0.3 is 5.32 Å². The molecule has 0 aliphatic heterocycles. The van der Waals surface area contributed by atoms with Gasteiger partial charge in [-0.25, -0.2) is 0 Å². The van der Waals surface area contributed by atoms with E-state index in [2.05, 4.69) is 19.2 Å². The van der Waals surface area contributed by atoms with E-state index < -0.39 is 4.92 Å². The van der Waals surface area contributed by atoms with Gasteiger partial charge in [0.25, 0.3) is 5.69 Å².